The standard InChI is InChI=1S/C10H9NO/c11-6-8-5-7-3-1-2-4-9(7)10(8)12/h1-4,6,8,11H,5H2. The van der Waals surface area contributed by atoms with Gasteiger partial charge < -0.3 is 5.41 Å². The Bertz CT molecular complexity index is 343. The molecule has 0 heterocycles. The number of hydrogen-bond acceptors (Lipinski definition) is 2. The molecular formula is C10H9NO. The molecule has 0 fully saturated rings. The van der Waals surface area contributed by atoms with Gasteiger partial charge in [0.25, 0.3) is 0 Å². The Kier molecular flexibility index (Phi) is 1.54. The number of rotatable bonds is 1. The van der Waals surface area contributed by atoms with Crippen molar-refractivity contribution < 1.29 is 4.79 Å². The smallest absolute Gasteiger partial charge is 0.171 e. The molecule has 1 aromatic rings. The molecule has 1 aromatic carbocycles. The third-order valence-corrected chi connectivity index (χ3v) is 2.26. The average molecular weight is 159 g/mol. The number of benzene rings is 1. The van der Waals surface area contributed by atoms with Gasteiger partial charge >= 0.3 is 0 Å². The monoisotopic (exact) mass is 159 g/mol. The number of nitrogens with one attached hydrogen (secondary N) is 1. The Morgan fingerprint density at radius 3 is 2.83 bits per heavy atom. The Morgan fingerprint density at radius 1 is 1.42 bits per heavy atom. The lowest BCUT2D eigenvalue weighted by atomic mass is 10.1. The highest BCUT2D eigenvalue weighted by molar-refractivity contribution is 6.09. The number of carbonyl (C=O) groups is 1. The topological polar surface area (TPSA) is 40.9 Å². The lowest BCUT2D eigenvalue weighted by molar-refractivity contribution is 0.0970. The van der Waals surface area contributed by atoms with Gasteiger partial charge in [0.05, 0.1) is 5.92 Å². The highest BCUT2D eigenvalue weighted by Gasteiger charge is 2.27. The van der Waals surface area contributed by atoms with E-state index in [0.29, 0.717) is 6.42 Å². The van der Waals surface area contributed by atoms with Crippen LogP contribution >= 0.6 is 0 Å². The molecule has 0 spiro atoms. The summed E-state index contributed by atoms with van der Waals surface area (Å²) in [5.41, 5.74) is 1.88. The van der Waals surface area contributed by atoms with Crippen molar-refractivity contribution in [1.29, 1.82) is 5.41 Å². The molecule has 1 aliphatic rings. The summed E-state index contributed by atoms with van der Waals surface area (Å²) in [6, 6.07) is 7.58. The summed E-state index contributed by atoms with van der Waals surface area (Å²) in [6.07, 6.45) is 1.95. The second kappa shape index (κ2) is 2.55. The molecule has 12 heavy (non-hydrogen) atoms. The highest BCUT2D eigenvalue weighted by atomic mass is 16.1. The van der Waals surface area contributed by atoms with Gasteiger partial charge in [-0.25, -0.2) is 0 Å². The van der Waals surface area contributed by atoms with E-state index in [0.717, 1.165) is 11.1 Å². The van der Waals surface area contributed by atoms with E-state index >= 15 is 0 Å². The molecular weight excluding hydrogens is 150 g/mol. The number of ketones is 1. The molecule has 2 rings (SSSR count). The number of fused-ring (bicyclic) bond motifs is 1. The van der Waals surface area contributed by atoms with Crippen LogP contribution in [0.15, 0.2) is 24.3 Å². The summed E-state index contributed by atoms with van der Waals surface area (Å²) in [5, 5.41) is 7.06. The molecule has 0 saturated heterocycles. The van der Waals surface area contributed by atoms with Gasteiger partial charge in [-0.15, -0.1) is 0 Å². The van der Waals surface area contributed by atoms with Gasteiger partial charge in [0.1, 0.15) is 0 Å². The summed E-state index contributed by atoms with van der Waals surface area (Å²) >= 11 is 0. The van der Waals surface area contributed by atoms with Crippen LogP contribution in [-0.4, -0.2) is 12.0 Å². The fraction of sp³-hybridized carbons (Fsp3) is 0.200. The first kappa shape index (κ1) is 7.22. The minimum absolute atomic E-state index is 0.0978. The minimum atomic E-state index is -0.206. The van der Waals surface area contributed by atoms with Crippen LogP contribution in [0, 0.1) is 11.3 Å². The van der Waals surface area contributed by atoms with Crippen molar-refractivity contribution in [1.82, 2.24) is 0 Å². The Balaban J connectivity index is 2.49. The van der Waals surface area contributed by atoms with E-state index in [2.05, 4.69) is 0 Å². The number of Topliss-reactive ketones (excluding diaryl/α,β-unsaturated/α-hetero) is 1. The molecule has 1 N–H and O–H groups in total. The molecule has 0 amide bonds. The molecule has 0 bridgehead atoms. The SMILES string of the molecule is N=CC1Cc2ccccc2C1=O. The zero-order chi connectivity index (χ0) is 8.55. The van der Waals surface area contributed by atoms with Gasteiger partial charge in [0.15, 0.2) is 5.78 Å². The molecule has 1 aliphatic carbocycles. The zero-order valence-corrected chi connectivity index (χ0v) is 6.58. The molecule has 0 aromatic heterocycles. The van der Waals surface area contributed by atoms with E-state index in [1.54, 1.807) is 0 Å². The molecule has 1 atom stereocenters. The lowest BCUT2D eigenvalue weighted by Crippen LogP contribution is -2.09. The largest absolute Gasteiger partial charge is 0.312 e. The molecule has 0 aliphatic heterocycles. The van der Waals surface area contributed by atoms with Crippen LogP contribution in [0.1, 0.15) is 15.9 Å². The molecule has 0 saturated carbocycles. The Labute approximate surface area is 70.7 Å². The fourth-order valence-electron chi connectivity index (χ4n) is 1.60. The van der Waals surface area contributed by atoms with Gasteiger partial charge in [0, 0.05) is 11.8 Å². The predicted molar refractivity (Wildman–Crippen MR) is 46.8 cm³/mol. The maximum absolute atomic E-state index is 11.5. The molecule has 2 nitrogen and oxygen atoms in total. The Morgan fingerprint density at radius 2 is 2.17 bits per heavy atom. The second-order valence-corrected chi connectivity index (χ2v) is 3.00. The van der Waals surface area contributed by atoms with Crippen molar-refractivity contribution >= 4 is 12.0 Å². The van der Waals surface area contributed by atoms with Crippen LogP contribution in [0.2, 0.25) is 0 Å². The van der Waals surface area contributed by atoms with Crippen molar-refractivity contribution in [3.63, 3.8) is 0 Å². The predicted octanol–water partition coefficient (Wildman–Crippen LogP) is 1.69. The van der Waals surface area contributed by atoms with E-state index in [9.17, 15) is 4.79 Å². The van der Waals surface area contributed by atoms with Crippen molar-refractivity contribution in [2.24, 2.45) is 5.92 Å². The van der Waals surface area contributed by atoms with Crippen LogP contribution < -0.4 is 0 Å². The first-order chi connectivity index (χ1) is 5.83. The van der Waals surface area contributed by atoms with E-state index in [1.807, 2.05) is 24.3 Å². The van der Waals surface area contributed by atoms with Crippen molar-refractivity contribution in [3.8, 4) is 0 Å². The van der Waals surface area contributed by atoms with Crippen LogP contribution in [0.5, 0.6) is 0 Å². The highest BCUT2D eigenvalue weighted by Crippen LogP contribution is 2.24. The summed E-state index contributed by atoms with van der Waals surface area (Å²) < 4.78 is 0. The van der Waals surface area contributed by atoms with Gasteiger partial charge in [-0.1, -0.05) is 24.3 Å². The third kappa shape index (κ3) is 0.881. The maximum atomic E-state index is 11.5. The quantitative estimate of drug-likeness (QED) is 0.622. The van der Waals surface area contributed by atoms with E-state index in [-0.39, 0.29) is 11.7 Å². The lowest BCUT2D eigenvalue weighted by Gasteiger charge is -1.94. The first-order valence-corrected chi connectivity index (χ1v) is 3.95. The van der Waals surface area contributed by atoms with E-state index < -0.39 is 0 Å². The van der Waals surface area contributed by atoms with Crippen molar-refractivity contribution in [2.75, 3.05) is 0 Å². The number of carbonyl (C=O) groups excluding carboxylic acids is 1. The van der Waals surface area contributed by atoms with Crippen molar-refractivity contribution in [3.05, 3.63) is 35.4 Å². The van der Waals surface area contributed by atoms with Gasteiger partial charge in [0.2, 0.25) is 0 Å². The maximum Gasteiger partial charge on any atom is 0.171 e. The molecule has 2 heteroatoms. The summed E-state index contributed by atoms with van der Waals surface area (Å²) in [7, 11) is 0. The van der Waals surface area contributed by atoms with E-state index in [1.165, 1.54) is 6.21 Å². The minimum Gasteiger partial charge on any atom is -0.312 e. The van der Waals surface area contributed by atoms with Crippen LogP contribution in [-0.2, 0) is 6.42 Å². The van der Waals surface area contributed by atoms with Gasteiger partial charge in [-0.3, -0.25) is 4.79 Å². The normalized spacial score (nSPS) is 20.7. The van der Waals surface area contributed by atoms with Crippen LogP contribution in [0.3, 0.4) is 0 Å². The van der Waals surface area contributed by atoms with Gasteiger partial charge in [-0.2, -0.15) is 0 Å². The fourth-order valence-corrected chi connectivity index (χ4v) is 1.60. The zero-order valence-electron chi connectivity index (χ0n) is 6.58. The molecule has 0 radical (unpaired) electrons. The average Bonchev–Trinajstić information content (AvgIpc) is 2.44. The summed E-state index contributed by atoms with van der Waals surface area (Å²) in [5.74, 6) is -0.108. The van der Waals surface area contributed by atoms with Crippen LogP contribution in [0.4, 0.5) is 0 Å². The Hall–Kier alpha value is -1.44. The summed E-state index contributed by atoms with van der Waals surface area (Å²) in [4.78, 5) is 11.5. The molecule has 60 valence electrons. The summed E-state index contributed by atoms with van der Waals surface area (Å²) in [6.45, 7) is 0. The second-order valence-electron chi connectivity index (χ2n) is 3.00. The third-order valence-electron chi connectivity index (χ3n) is 2.26. The van der Waals surface area contributed by atoms with Crippen molar-refractivity contribution in [2.45, 2.75) is 6.42 Å². The van der Waals surface area contributed by atoms with Crippen LogP contribution in [0.25, 0.3) is 0 Å². The first-order valence-electron chi connectivity index (χ1n) is 3.95. The number of hydrogen-bond donors (Lipinski definition) is 1. The molecule has 1 unspecified atom stereocenters. The van der Waals surface area contributed by atoms with E-state index in [4.69, 9.17) is 5.41 Å². The van der Waals surface area contributed by atoms with Gasteiger partial charge in [-0.05, 0) is 12.0 Å².